The number of hydrogen-bond acceptors (Lipinski definition) is 6. The lowest BCUT2D eigenvalue weighted by molar-refractivity contribution is 0.0565. The van der Waals surface area contributed by atoms with E-state index in [4.69, 9.17) is 0 Å². The zero-order valence-corrected chi connectivity index (χ0v) is 15.3. The Morgan fingerprint density at radius 1 is 1.08 bits per heavy atom. The highest BCUT2D eigenvalue weighted by molar-refractivity contribution is 7.13. The normalized spacial score (nSPS) is 17.3. The van der Waals surface area contributed by atoms with Crippen molar-refractivity contribution < 1.29 is 5.11 Å². The molecule has 4 rings (SSSR count). The molecule has 134 valence electrons. The first-order valence-electron chi connectivity index (χ1n) is 8.97. The van der Waals surface area contributed by atoms with Crippen LogP contribution in [0.4, 0.5) is 0 Å². The number of aliphatic hydroxyl groups excluding tert-OH is 1. The minimum atomic E-state index is -0.362. The van der Waals surface area contributed by atoms with Crippen LogP contribution in [0.3, 0.4) is 0 Å². The van der Waals surface area contributed by atoms with E-state index in [0.29, 0.717) is 11.7 Å². The van der Waals surface area contributed by atoms with Crippen molar-refractivity contribution >= 4 is 11.3 Å². The Balaban J connectivity index is 1.32. The second-order valence-electron chi connectivity index (χ2n) is 6.69. The van der Waals surface area contributed by atoms with Gasteiger partial charge >= 0.3 is 0 Å². The summed E-state index contributed by atoms with van der Waals surface area (Å²) in [5.74, 6) is 1.02. The van der Waals surface area contributed by atoms with Crippen molar-refractivity contribution in [2.75, 3.05) is 13.1 Å². The van der Waals surface area contributed by atoms with Crippen molar-refractivity contribution in [2.24, 2.45) is 5.92 Å². The van der Waals surface area contributed by atoms with Gasteiger partial charge in [-0.3, -0.25) is 4.90 Å². The molecule has 26 heavy (non-hydrogen) atoms. The van der Waals surface area contributed by atoms with Crippen molar-refractivity contribution in [2.45, 2.75) is 25.5 Å². The molecule has 1 fully saturated rings. The monoisotopic (exact) mass is 366 g/mol. The molecule has 1 aliphatic heterocycles. The third-order valence-corrected chi connectivity index (χ3v) is 5.80. The van der Waals surface area contributed by atoms with Crippen LogP contribution in [0.5, 0.6) is 0 Å². The van der Waals surface area contributed by atoms with Crippen molar-refractivity contribution in [1.29, 1.82) is 0 Å². The summed E-state index contributed by atoms with van der Waals surface area (Å²) in [6.45, 7) is 2.82. The van der Waals surface area contributed by atoms with Gasteiger partial charge in [0.25, 0.3) is 0 Å². The first-order valence-corrected chi connectivity index (χ1v) is 9.85. The summed E-state index contributed by atoms with van der Waals surface area (Å²) in [5.41, 5.74) is 2.09. The lowest BCUT2D eigenvalue weighted by Crippen LogP contribution is -2.35. The molecule has 2 aromatic heterocycles. The molecule has 6 heteroatoms. The molecular formula is C20H22N4OS. The van der Waals surface area contributed by atoms with Gasteiger partial charge in [-0.25, -0.2) is 15.0 Å². The summed E-state index contributed by atoms with van der Waals surface area (Å²) in [6, 6.07) is 11.8. The zero-order chi connectivity index (χ0) is 17.8. The van der Waals surface area contributed by atoms with Crippen LogP contribution in [0.2, 0.25) is 0 Å². The molecule has 3 heterocycles. The van der Waals surface area contributed by atoms with Gasteiger partial charge in [-0.1, -0.05) is 30.3 Å². The molecule has 0 radical (unpaired) electrons. The molecule has 0 aliphatic carbocycles. The van der Waals surface area contributed by atoms with E-state index in [1.165, 1.54) is 0 Å². The number of benzene rings is 1. The highest BCUT2D eigenvalue weighted by Crippen LogP contribution is 2.31. The number of likely N-dealkylation sites (tertiary alicyclic amines) is 1. The fourth-order valence-electron chi connectivity index (χ4n) is 3.47. The first kappa shape index (κ1) is 17.3. The van der Waals surface area contributed by atoms with Gasteiger partial charge in [0.1, 0.15) is 0 Å². The fraction of sp³-hybridized carbons (Fsp3) is 0.350. The van der Waals surface area contributed by atoms with Gasteiger partial charge in [0.05, 0.1) is 11.8 Å². The Hall–Kier alpha value is -2.15. The molecule has 5 nitrogen and oxygen atoms in total. The van der Waals surface area contributed by atoms with E-state index >= 15 is 0 Å². The third kappa shape index (κ3) is 3.98. The van der Waals surface area contributed by atoms with E-state index in [2.05, 4.69) is 25.2 Å². The molecule has 0 spiro atoms. The van der Waals surface area contributed by atoms with E-state index in [9.17, 15) is 5.11 Å². The topological polar surface area (TPSA) is 62.1 Å². The Bertz CT molecular complexity index is 816. The molecule has 1 saturated heterocycles. The number of aliphatic hydroxyl groups is 1. The van der Waals surface area contributed by atoms with Crippen LogP contribution in [0.15, 0.2) is 54.2 Å². The predicted octanol–water partition coefficient (Wildman–Crippen LogP) is 3.55. The van der Waals surface area contributed by atoms with Crippen molar-refractivity contribution in [1.82, 2.24) is 19.9 Å². The molecule has 0 unspecified atom stereocenters. The molecule has 3 aromatic rings. The smallest absolute Gasteiger partial charge is 0.188 e. The Morgan fingerprint density at radius 2 is 1.81 bits per heavy atom. The number of hydrogen-bond donors (Lipinski definition) is 1. The van der Waals surface area contributed by atoms with E-state index in [-0.39, 0.29) is 6.10 Å². The second-order valence-corrected chi connectivity index (χ2v) is 7.54. The van der Waals surface area contributed by atoms with Gasteiger partial charge in [0.2, 0.25) is 0 Å². The molecule has 0 amide bonds. The molecule has 1 aliphatic rings. The summed E-state index contributed by atoms with van der Waals surface area (Å²) in [5, 5.41) is 13.6. The summed E-state index contributed by atoms with van der Waals surface area (Å²) in [6.07, 6.45) is 5.14. The van der Waals surface area contributed by atoms with Gasteiger partial charge in [0, 0.05) is 24.3 Å². The Kier molecular flexibility index (Phi) is 5.34. The highest BCUT2D eigenvalue weighted by atomic mass is 32.1. The van der Waals surface area contributed by atoms with E-state index in [0.717, 1.165) is 48.7 Å². The summed E-state index contributed by atoms with van der Waals surface area (Å²) in [7, 11) is 0. The minimum absolute atomic E-state index is 0.331. The average molecular weight is 366 g/mol. The molecule has 0 bridgehead atoms. The maximum absolute atomic E-state index is 10.6. The van der Waals surface area contributed by atoms with Gasteiger partial charge < -0.3 is 5.11 Å². The number of piperidine rings is 1. The number of rotatable bonds is 5. The average Bonchev–Trinajstić information content (AvgIpc) is 3.18. The van der Waals surface area contributed by atoms with Gasteiger partial charge in [-0.05, 0) is 43.5 Å². The predicted molar refractivity (Wildman–Crippen MR) is 103 cm³/mol. The van der Waals surface area contributed by atoms with Crippen LogP contribution in [-0.2, 0) is 6.54 Å². The van der Waals surface area contributed by atoms with Crippen molar-refractivity contribution in [3.63, 3.8) is 0 Å². The number of nitrogens with zero attached hydrogens (tertiary/aromatic N) is 4. The lowest BCUT2D eigenvalue weighted by Gasteiger charge is -2.34. The number of aromatic nitrogens is 3. The van der Waals surface area contributed by atoms with E-state index in [1.54, 1.807) is 23.7 Å². The standard InChI is InChI=1S/C20H22N4OS/c25-18(15-5-2-1-3-6-15)16-7-11-24(12-8-16)13-17-14-26-20(23-17)19-21-9-4-10-22-19/h1-6,9-10,14,16,18,25H,7-8,11-13H2/t18-/m0/s1. The quantitative estimate of drug-likeness (QED) is 0.748. The van der Waals surface area contributed by atoms with E-state index < -0.39 is 0 Å². The van der Waals surface area contributed by atoms with Crippen LogP contribution in [0, 0.1) is 5.92 Å². The maximum Gasteiger partial charge on any atom is 0.188 e. The SMILES string of the molecule is O[C@@H](c1ccccc1)C1CCN(Cc2csc(-c3ncccn3)n2)CC1. The van der Waals surface area contributed by atoms with E-state index in [1.807, 2.05) is 36.4 Å². The minimum Gasteiger partial charge on any atom is -0.388 e. The molecule has 1 aromatic carbocycles. The molecular weight excluding hydrogens is 344 g/mol. The second kappa shape index (κ2) is 8.03. The van der Waals surface area contributed by atoms with Crippen LogP contribution in [0.1, 0.15) is 30.2 Å². The van der Waals surface area contributed by atoms with Crippen molar-refractivity contribution in [3.05, 3.63) is 65.4 Å². The van der Waals surface area contributed by atoms with Gasteiger partial charge in [-0.2, -0.15) is 0 Å². The lowest BCUT2D eigenvalue weighted by atomic mass is 9.87. The molecule has 1 N–H and O–H groups in total. The third-order valence-electron chi connectivity index (χ3n) is 4.91. The highest BCUT2D eigenvalue weighted by Gasteiger charge is 2.26. The van der Waals surface area contributed by atoms with Crippen LogP contribution in [-0.4, -0.2) is 38.0 Å². The first-order chi connectivity index (χ1) is 12.8. The molecule has 1 atom stereocenters. The molecule has 0 saturated carbocycles. The van der Waals surface area contributed by atoms with Gasteiger partial charge in [-0.15, -0.1) is 11.3 Å². The summed E-state index contributed by atoms with van der Waals surface area (Å²) >= 11 is 1.59. The fourth-order valence-corrected chi connectivity index (χ4v) is 4.23. The van der Waals surface area contributed by atoms with Crippen molar-refractivity contribution in [3.8, 4) is 10.8 Å². The largest absolute Gasteiger partial charge is 0.388 e. The zero-order valence-electron chi connectivity index (χ0n) is 14.5. The van der Waals surface area contributed by atoms with Gasteiger partial charge in [0.15, 0.2) is 10.8 Å². The van der Waals surface area contributed by atoms with Crippen LogP contribution in [0.25, 0.3) is 10.8 Å². The van der Waals surface area contributed by atoms with Crippen LogP contribution >= 0.6 is 11.3 Å². The van der Waals surface area contributed by atoms with Crippen LogP contribution < -0.4 is 0 Å². The summed E-state index contributed by atoms with van der Waals surface area (Å²) < 4.78 is 0. The summed E-state index contributed by atoms with van der Waals surface area (Å²) in [4.78, 5) is 15.6. The number of thiazole rings is 1. The Labute approximate surface area is 157 Å². The Morgan fingerprint density at radius 3 is 2.54 bits per heavy atom. The maximum atomic E-state index is 10.6.